The van der Waals surface area contributed by atoms with Crippen molar-refractivity contribution in [2.75, 3.05) is 7.11 Å². The number of methoxy groups -OCH3 is 1. The quantitative estimate of drug-likeness (QED) is 0.835. The molecule has 0 amide bonds. The maximum absolute atomic E-state index is 9.17. The molecule has 1 aromatic heterocycles. The Morgan fingerprint density at radius 2 is 2.15 bits per heavy atom. The highest BCUT2D eigenvalue weighted by Crippen LogP contribution is 2.28. The number of benzene rings is 1. The predicted molar refractivity (Wildman–Crippen MR) is 73.6 cm³/mol. The summed E-state index contributed by atoms with van der Waals surface area (Å²) in [7, 11) is 1.58. The van der Waals surface area contributed by atoms with E-state index in [-0.39, 0.29) is 6.61 Å². The highest BCUT2D eigenvalue weighted by Gasteiger charge is 2.09. The first-order chi connectivity index (χ1) is 9.78. The van der Waals surface area contributed by atoms with E-state index in [1.807, 2.05) is 4.68 Å². The van der Waals surface area contributed by atoms with Crippen LogP contribution in [-0.2, 0) is 19.8 Å². The fourth-order valence-corrected chi connectivity index (χ4v) is 1.87. The fourth-order valence-electron chi connectivity index (χ4n) is 1.87. The SMILES string of the molecule is CCCn1ncnc1COc1cc(CO)ccc1OC. The van der Waals surface area contributed by atoms with E-state index in [0.29, 0.717) is 18.1 Å². The Bertz CT molecular complexity index is 554. The van der Waals surface area contributed by atoms with E-state index in [1.54, 1.807) is 25.3 Å². The summed E-state index contributed by atoms with van der Waals surface area (Å²) < 4.78 is 12.8. The Kier molecular flexibility index (Phi) is 4.95. The zero-order chi connectivity index (χ0) is 14.4. The molecule has 2 aromatic rings. The van der Waals surface area contributed by atoms with Crippen molar-refractivity contribution in [2.24, 2.45) is 0 Å². The zero-order valence-electron chi connectivity index (χ0n) is 11.7. The van der Waals surface area contributed by atoms with E-state index in [1.165, 1.54) is 6.33 Å². The summed E-state index contributed by atoms with van der Waals surface area (Å²) in [6.07, 6.45) is 2.51. The molecular weight excluding hydrogens is 258 g/mol. The number of nitrogens with zero attached hydrogens (tertiary/aromatic N) is 3. The number of hydrogen-bond donors (Lipinski definition) is 1. The first-order valence-electron chi connectivity index (χ1n) is 6.55. The third-order valence-electron chi connectivity index (χ3n) is 2.90. The molecule has 0 aliphatic carbocycles. The number of aromatic nitrogens is 3. The minimum atomic E-state index is -0.0353. The van der Waals surface area contributed by atoms with Crippen LogP contribution < -0.4 is 9.47 Å². The van der Waals surface area contributed by atoms with Crippen molar-refractivity contribution in [3.63, 3.8) is 0 Å². The lowest BCUT2D eigenvalue weighted by Gasteiger charge is -2.12. The van der Waals surface area contributed by atoms with Gasteiger partial charge in [0.1, 0.15) is 12.9 Å². The van der Waals surface area contributed by atoms with Crippen molar-refractivity contribution in [3.05, 3.63) is 35.9 Å². The molecule has 20 heavy (non-hydrogen) atoms. The van der Waals surface area contributed by atoms with Crippen molar-refractivity contribution >= 4 is 0 Å². The number of hydrogen-bond acceptors (Lipinski definition) is 5. The molecule has 0 bridgehead atoms. The monoisotopic (exact) mass is 277 g/mol. The lowest BCUT2D eigenvalue weighted by molar-refractivity contribution is 0.262. The molecule has 0 saturated carbocycles. The molecule has 1 heterocycles. The second kappa shape index (κ2) is 6.91. The van der Waals surface area contributed by atoms with Gasteiger partial charge in [0.25, 0.3) is 0 Å². The maximum atomic E-state index is 9.17. The zero-order valence-corrected chi connectivity index (χ0v) is 11.7. The van der Waals surface area contributed by atoms with Crippen LogP contribution in [0.4, 0.5) is 0 Å². The van der Waals surface area contributed by atoms with Crippen LogP contribution in [0.1, 0.15) is 24.7 Å². The van der Waals surface area contributed by atoms with E-state index >= 15 is 0 Å². The van der Waals surface area contributed by atoms with Gasteiger partial charge in [-0.1, -0.05) is 13.0 Å². The molecule has 0 unspecified atom stereocenters. The predicted octanol–water partition coefficient (Wildman–Crippen LogP) is 1.77. The number of aliphatic hydroxyl groups is 1. The van der Waals surface area contributed by atoms with Crippen molar-refractivity contribution in [3.8, 4) is 11.5 Å². The summed E-state index contributed by atoms with van der Waals surface area (Å²) in [6, 6.07) is 5.34. The van der Waals surface area contributed by atoms with Crippen LogP contribution in [0, 0.1) is 0 Å². The van der Waals surface area contributed by atoms with Gasteiger partial charge in [-0.2, -0.15) is 5.10 Å². The molecule has 0 saturated heterocycles. The topological polar surface area (TPSA) is 69.4 Å². The van der Waals surface area contributed by atoms with Gasteiger partial charge in [0.05, 0.1) is 13.7 Å². The molecule has 0 spiro atoms. The Morgan fingerprint density at radius 1 is 1.30 bits per heavy atom. The fraction of sp³-hybridized carbons (Fsp3) is 0.429. The van der Waals surface area contributed by atoms with Crippen LogP contribution in [-0.4, -0.2) is 27.0 Å². The third kappa shape index (κ3) is 3.27. The van der Waals surface area contributed by atoms with Crippen molar-refractivity contribution in [1.29, 1.82) is 0 Å². The van der Waals surface area contributed by atoms with Gasteiger partial charge >= 0.3 is 0 Å². The van der Waals surface area contributed by atoms with Gasteiger partial charge in [-0.3, -0.25) is 0 Å². The molecule has 0 aliphatic heterocycles. The summed E-state index contributed by atoms with van der Waals surface area (Å²) in [4.78, 5) is 4.18. The molecule has 2 rings (SSSR count). The Hall–Kier alpha value is -2.08. The van der Waals surface area contributed by atoms with E-state index in [4.69, 9.17) is 14.6 Å². The summed E-state index contributed by atoms with van der Waals surface area (Å²) in [5, 5.41) is 13.3. The first-order valence-corrected chi connectivity index (χ1v) is 6.55. The number of aliphatic hydroxyl groups excluding tert-OH is 1. The molecule has 0 atom stereocenters. The van der Waals surface area contributed by atoms with E-state index in [9.17, 15) is 0 Å². The van der Waals surface area contributed by atoms with Gasteiger partial charge in [0, 0.05) is 6.54 Å². The molecule has 108 valence electrons. The van der Waals surface area contributed by atoms with Crippen molar-refractivity contribution in [2.45, 2.75) is 33.1 Å². The van der Waals surface area contributed by atoms with Crippen LogP contribution in [0.3, 0.4) is 0 Å². The van der Waals surface area contributed by atoms with Gasteiger partial charge in [-0.25, -0.2) is 9.67 Å². The second-order valence-corrected chi connectivity index (χ2v) is 4.33. The highest BCUT2D eigenvalue weighted by molar-refractivity contribution is 5.42. The van der Waals surface area contributed by atoms with E-state index in [0.717, 1.165) is 24.4 Å². The second-order valence-electron chi connectivity index (χ2n) is 4.33. The molecule has 0 fully saturated rings. The smallest absolute Gasteiger partial charge is 0.164 e. The van der Waals surface area contributed by atoms with E-state index < -0.39 is 0 Å². The third-order valence-corrected chi connectivity index (χ3v) is 2.90. The molecule has 1 aromatic carbocycles. The average molecular weight is 277 g/mol. The lowest BCUT2D eigenvalue weighted by Crippen LogP contribution is -2.09. The Morgan fingerprint density at radius 3 is 2.85 bits per heavy atom. The maximum Gasteiger partial charge on any atom is 0.164 e. The van der Waals surface area contributed by atoms with Crippen LogP contribution in [0.25, 0.3) is 0 Å². The summed E-state index contributed by atoms with van der Waals surface area (Å²) in [6.45, 7) is 3.17. The highest BCUT2D eigenvalue weighted by atomic mass is 16.5. The summed E-state index contributed by atoms with van der Waals surface area (Å²) in [5.74, 6) is 1.98. The normalized spacial score (nSPS) is 10.6. The Labute approximate surface area is 118 Å². The van der Waals surface area contributed by atoms with Gasteiger partial charge < -0.3 is 14.6 Å². The van der Waals surface area contributed by atoms with Gasteiger partial charge in [0.15, 0.2) is 17.3 Å². The lowest BCUT2D eigenvalue weighted by atomic mass is 10.2. The van der Waals surface area contributed by atoms with Crippen molar-refractivity contribution in [1.82, 2.24) is 14.8 Å². The molecule has 0 aliphatic rings. The van der Waals surface area contributed by atoms with Crippen LogP contribution in [0.15, 0.2) is 24.5 Å². The van der Waals surface area contributed by atoms with Crippen LogP contribution in [0.2, 0.25) is 0 Å². The van der Waals surface area contributed by atoms with Gasteiger partial charge in [0.2, 0.25) is 0 Å². The van der Waals surface area contributed by atoms with Crippen molar-refractivity contribution < 1.29 is 14.6 Å². The molecule has 0 radical (unpaired) electrons. The largest absolute Gasteiger partial charge is 0.493 e. The number of ether oxygens (including phenoxy) is 2. The van der Waals surface area contributed by atoms with Crippen LogP contribution >= 0.6 is 0 Å². The first kappa shape index (κ1) is 14.3. The molecular formula is C14H19N3O3. The Balaban J connectivity index is 2.11. The average Bonchev–Trinajstić information content (AvgIpc) is 2.92. The summed E-state index contributed by atoms with van der Waals surface area (Å²) >= 11 is 0. The van der Waals surface area contributed by atoms with E-state index in [2.05, 4.69) is 17.0 Å². The van der Waals surface area contributed by atoms with Crippen LogP contribution in [0.5, 0.6) is 11.5 Å². The van der Waals surface area contributed by atoms with Gasteiger partial charge in [-0.15, -0.1) is 0 Å². The minimum Gasteiger partial charge on any atom is -0.493 e. The number of rotatable bonds is 7. The molecule has 1 N–H and O–H groups in total. The molecule has 6 heteroatoms. The minimum absolute atomic E-state index is 0.0353. The van der Waals surface area contributed by atoms with Gasteiger partial charge in [-0.05, 0) is 24.1 Å². The standard InChI is InChI=1S/C14H19N3O3/c1-3-6-17-14(15-10-16-17)9-20-13-7-11(8-18)4-5-12(13)19-2/h4-5,7,10,18H,3,6,8-9H2,1-2H3. The number of aryl methyl sites for hydroxylation is 1. The molecule has 6 nitrogen and oxygen atoms in total. The summed E-state index contributed by atoms with van der Waals surface area (Å²) in [5.41, 5.74) is 0.774.